The highest BCUT2D eigenvalue weighted by Gasteiger charge is 2.34. The molecule has 0 atom stereocenters. The molecule has 0 saturated heterocycles. The van der Waals surface area contributed by atoms with Gasteiger partial charge in [0.05, 0.1) is 33.9 Å². The van der Waals surface area contributed by atoms with Crippen LogP contribution >= 0.6 is 11.3 Å². The number of furan rings is 1. The highest BCUT2D eigenvalue weighted by atomic mass is 32.1. The van der Waals surface area contributed by atoms with Crippen molar-refractivity contribution in [1.29, 1.82) is 0 Å². The fourth-order valence-corrected chi connectivity index (χ4v) is 3.48. The molecule has 0 spiro atoms. The first kappa shape index (κ1) is 22.0. The number of benzene rings is 1. The number of halogens is 3. The summed E-state index contributed by atoms with van der Waals surface area (Å²) in [5.41, 5.74) is -1.47. The molecule has 3 rings (SSSR count). The number of carbonyl (C=O) groups is 2. The van der Waals surface area contributed by atoms with Gasteiger partial charge < -0.3 is 14.6 Å². The van der Waals surface area contributed by atoms with Gasteiger partial charge in [-0.25, -0.2) is 0 Å². The molecular formula is C19H14F3N3O5S. The van der Waals surface area contributed by atoms with Crippen molar-refractivity contribution in [3.05, 3.63) is 81.1 Å². The van der Waals surface area contributed by atoms with Crippen LogP contribution in [0.1, 0.15) is 21.0 Å². The lowest BCUT2D eigenvalue weighted by atomic mass is 10.1. The van der Waals surface area contributed by atoms with Crippen molar-refractivity contribution in [2.45, 2.75) is 12.7 Å². The van der Waals surface area contributed by atoms with Crippen LogP contribution in [-0.4, -0.2) is 28.2 Å². The maximum absolute atomic E-state index is 13.1. The highest BCUT2D eigenvalue weighted by molar-refractivity contribution is 7.17. The number of hydrogen-bond acceptors (Lipinski definition) is 6. The van der Waals surface area contributed by atoms with Crippen LogP contribution in [0.15, 0.2) is 59.2 Å². The Morgan fingerprint density at radius 1 is 1.13 bits per heavy atom. The molecule has 0 radical (unpaired) electrons. The largest absolute Gasteiger partial charge is 0.467 e. The van der Waals surface area contributed by atoms with E-state index in [1.165, 1.54) is 24.5 Å². The van der Waals surface area contributed by atoms with Crippen molar-refractivity contribution < 1.29 is 32.1 Å². The normalized spacial score (nSPS) is 11.2. The van der Waals surface area contributed by atoms with E-state index in [0.29, 0.717) is 17.1 Å². The molecule has 0 bridgehead atoms. The second kappa shape index (κ2) is 9.00. The molecule has 8 nitrogen and oxygen atoms in total. The minimum absolute atomic E-state index is 0.00162. The second-order valence-corrected chi connectivity index (χ2v) is 7.29. The molecule has 31 heavy (non-hydrogen) atoms. The molecule has 0 saturated carbocycles. The van der Waals surface area contributed by atoms with Gasteiger partial charge in [0.1, 0.15) is 12.3 Å². The molecule has 0 aliphatic carbocycles. The van der Waals surface area contributed by atoms with Crippen LogP contribution in [0.3, 0.4) is 0 Å². The summed E-state index contributed by atoms with van der Waals surface area (Å²) in [4.78, 5) is 36.6. The van der Waals surface area contributed by atoms with E-state index < -0.39 is 40.7 Å². The van der Waals surface area contributed by atoms with Crippen LogP contribution in [0.5, 0.6) is 0 Å². The number of para-hydroxylation sites is 1. The molecule has 12 heteroatoms. The maximum Gasteiger partial charge on any atom is 0.418 e. The first-order chi connectivity index (χ1) is 14.6. The smallest absolute Gasteiger partial charge is 0.418 e. The van der Waals surface area contributed by atoms with E-state index in [1.54, 1.807) is 12.1 Å². The summed E-state index contributed by atoms with van der Waals surface area (Å²) in [6.07, 6.45) is -3.32. The standard InChI is InChI=1S/C19H14F3N3O5S/c20-19(21,22)13-5-1-2-6-14(13)23-16(26)11-24(10-12-4-3-9-30-12)18(27)15-7-8-17(31-15)25(28)29/h1-9H,10-11H2,(H,23,26). The number of alkyl halides is 3. The number of nitrogens with zero attached hydrogens (tertiary/aromatic N) is 2. The van der Waals surface area contributed by atoms with E-state index >= 15 is 0 Å². The van der Waals surface area contributed by atoms with Crippen molar-refractivity contribution in [1.82, 2.24) is 4.90 Å². The Morgan fingerprint density at radius 2 is 1.87 bits per heavy atom. The molecule has 0 aliphatic heterocycles. The molecule has 2 aromatic heterocycles. The molecular weight excluding hydrogens is 439 g/mol. The summed E-state index contributed by atoms with van der Waals surface area (Å²) < 4.78 is 44.6. The lowest BCUT2D eigenvalue weighted by molar-refractivity contribution is -0.380. The van der Waals surface area contributed by atoms with Gasteiger partial charge in [-0.15, -0.1) is 0 Å². The van der Waals surface area contributed by atoms with Crippen LogP contribution in [0.25, 0.3) is 0 Å². The van der Waals surface area contributed by atoms with Crippen LogP contribution < -0.4 is 5.32 Å². The molecule has 2 heterocycles. The SMILES string of the molecule is O=C(CN(Cc1ccco1)C(=O)c1ccc([N+](=O)[O-])s1)Nc1ccccc1C(F)(F)F. The van der Waals surface area contributed by atoms with E-state index in [2.05, 4.69) is 5.32 Å². The summed E-state index contributed by atoms with van der Waals surface area (Å²) in [5, 5.41) is 12.8. The van der Waals surface area contributed by atoms with E-state index in [0.717, 1.165) is 23.1 Å². The first-order valence-corrected chi connectivity index (χ1v) is 9.49. The Bertz CT molecular complexity index is 1100. The van der Waals surface area contributed by atoms with E-state index in [-0.39, 0.29) is 16.4 Å². The van der Waals surface area contributed by atoms with E-state index in [9.17, 15) is 32.9 Å². The van der Waals surface area contributed by atoms with Gasteiger partial charge in [-0.1, -0.05) is 23.5 Å². The fraction of sp³-hybridized carbons (Fsp3) is 0.158. The van der Waals surface area contributed by atoms with E-state index in [1.807, 2.05) is 0 Å². The number of nitro groups is 1. The van der Waals surface area contributed by atoms with E-state index in [4.69, 9.17) is 4.42 Å². The predicted molar refractivity (Wildman–Crippen MR) is 104 cm³/mol. The van der Waals surface area contributed by atoms with Crippen LogP contribution in [0, 0.1) is 10.1 Å². The molecule has 1 N–H and O–H groups in total. The number of nitrogens with one attached hydrogen (secondary N) is 1. The Kier molecular flexibility index (Phi) is 6.39. The number of carbonyl (C=O) groups excluding carboxylic acids is 2. The molecule has 162 valence electrons. The topological polar surface area (TPSA) is 106 Å². The zero-order valence-corrected chi connectivity index (χ0v) is 16.4. The summed E-state index contributed by atoms with van der Waals surface area (Å²) in [6, 6.07) is 9.96. The van der Waals surface area contributed by atoms with Gasteiger partial charge in [-0.3, -0.25) is 19.7 Å². The van der Waals surface area contributed by atoms with Crippen molar-refractivity contribution in [2.24, 2.45) is 0 Å². The predicted octanol–water partition coefficient (Wildman–Crippen LogP) is 4.55. The average molecular weight is 453 g/mol. The van der Waals surface area contributed by atoms with Crippen molar-refractivity contribution >= 4 is 33.8 Å². The first-order valence-electron chi connectivity index (χ1n) is 8.67. The van der Waals surface area contributed by atoms with Crippen LogP contribution in [0.2, 0.25) is 0 Å². The average Bonchev–Trinajstić information content (AvgIpc) is 3.38. The lowest BCUT2D eigenvalue weighted by Crippen LogP contribution is -2.37. The van der Waals surface area contributed by atoms with Gasteiger partial charge in [-0.2, -0.15) is 13.2 Å². The molecule has 3 aromatic rings. The minimum atomic E-state index is -4.68. The molecule has 0 unspecified atom stereocenters. The Morgan fingerprint density at radius 3 is 2.48 bits per heavy atom. The minimum Gasteiger partial charge on any atom is -0.467 e. The van der Waals surface area contributed by atoms with Gasteiger partial charge >= 0.3 is 11.2 Å². The van der Waals surface area contributed by atoms with Gasteiger partial charge in [-0.05, 0) is 30.3 Å². The third-order valence-corrected chi connectivity index (χ3v) is 5.06. The zero-order valence-electron chi connectivity index (χ0n) is 15.6. The number of hydrogen-bond donors (Lipinski definition) is 1. The highest BCUT2D eigenvalue weighted by Crippen LogP contribution is 2.34. The Balaban J connectivity index is 1.81. The third kappa shape index (κ3) is 5.48. The number of anilines is 1. The number of thiophene rings is 1. The molecule has 1 aromatic carbocycles. The van der Waals surface area contributed by atoms with Crippen LogP contribution in [-0.2, 0) is 17.5 Å². The van der Waals surface area contributed by atoms with Crippen molar-refractivity contribution in [2.75, 3.05) is 11.9 Å². The van der Waals surface area contributed by atoms with Crippen LogP contribution in [0.4, 0.5) is 23.9 Å². The van der Waals surface area contributed by atoms with Gasteiger partial charge in [0, 0.05) is 6.07 Å². The molecule has 0 fully saturated rings. The van der Waals surface area contributed by atoms with Gasteiger partial charge in [0.2, 0.25) is 5.91 Å². The van der Waals surface area contributed by atoms with Gasteiger partial charge in [0.25, 0.3) is 5.91 Å². The zero-order chi connectivity index (χ0) is 22.6. The summed E-state index contributed by atoms with van der Waals surface area (Å²) >= 11 is 0.626. The van der Waals surface area contributed by atoms with Crippen molar-refractivity contribution in [3.8, 4) is 0 Å². The number of amides is 2. The Labute approximate surface area is 177 Å². The lowest BCUT2D eigenvalue weighted by Gasteiger charge is -2.21. The summed E-state index contributed by atoms with van der Waals surface area (Å²) in [7, 11) is 0. The maximum atomic E-state index is 13.1. The molecule has 2 amide bonds. The summed E-state index contributed by atoms with van der Waals surface area (Å²) in [5.74, 6) is -1.25. The monoisotopic (exact) mass is 453 g/mol. The second-order valence-electron chi connectivity index (χ2n) is 6.23. The Hall–Kier alpha value is -3.67. The fourth-order valence-electron chi connectivity index (χ4n) is 2.69. The summed E-state index contributed by atoms with van der Waals surface area (Å²) in [6.45, 7) is -0.761. The quantitative estimate of drug-likeness (QED) is 0.417. The third-order valence-electron chi connectivity index (χ3n) is 4.04. The van der Waals surface area contributed by atoms with Gasteiger partial charge in [0.15, 0.2) is 0 Å². The van der Waals surface area contributed by atoms with Crippen molar-refractivity contribution in [3.63, 3.8) is 0 Å². The molecule has 0 aliphatic rings. The number of rotatable bonds is 7.